The molecule has 1 aromatic heterocycles. The Morgan fingerprint density at radius 2 is 2.06 bits per heavy atom. The number of aryl methyl sites for hydroxylation is 1. The van der Waals surface area contributed by atoms with Crippen molar-refractivity contribution in [2.75, 3.05) is 0 Å². The van der Waals surface area contributed by atoms with Gasteiger partial charge < -0.3 is 14.8 Å². The van der Waals surface area contributed by atoms with E-state index in [2.05, 4.69) is 5.32 Å². The molecule has 2 aromatic rings. The van der Waals surface area contributed by atoms with Crippen molar-refractivity contribution in [2.24, 2.45) is 0 Å². The van der Waals surface area contributed by atoms with Crippen LogP contribution in [-0.4, -0.2) is 5.11 Å². The van der Waals surface area contributed by atoms with E-state index in [1.165, 1.54) is 6.07 Å². The Morgan fingerprint density at radius 1 is 1.22 bits per heavy atom. The van der Waals surface area contributed by atoms with Crippen LogP contribution >= 0.6 is 0 Å². The van der Waals surface area contributed by atoms with E-state index in [-0.39, 0.29) is 12.4 Å². The topological polar surface area (TPSA) is 45.4 Å². The summed E-state index contributed by atoms with van der Waals surface area (Å²) in [6.45, 7) is 2.85. The van der Waals surface area contributed by atoms with Gasteiger partial charge in [0.05, 0.1) is 13.2 Å². The van der Waals surface area contributed by atoms with Crippen LogP contribution in [0.25, 0.3) is 0 Å². The number of benzene rings is 1. The highest BCUT2D eigenvalue weighted by atomic mass is 19.1. The molecule has 4 heteroatoms. The first kappa shape index (κ1) is 12.8. The van der Waals surface area contributed by atoms with E-state index in [1.54, 1.807) is 12.1 Å². The van der Waals surface area contributed by atoms with Crippen molar-refractivity contribution < 1.29 is 13.9 Å². The zero-order valence-electron chi connectivity index (χ0n) is 10.2. The zero-order chi connectivity index (χ0) is 13.0. The minimum absolute atomic E-state index is 0.281. The molecule has 2 rings (SSSR count). The lowest BCUT2D eigenvalue weighted by atomic mass is 10.1. The van der Waals surface area contributed by atoms with Gasteiger partial charge in [0.25, 0.3) is 0 Å². The molecule has 0 saturated carbocycles. The molecule has 0 unspecified atom stereocenters. The van der Waals surface area contributed by atoms with E-state index >= 15 is 0 Å². The molecular weight excluding hydrogens is 233 g/mol. The van der Waals surface area contributed by atoms with E-state index < -0.39 is 0 Å². The monoisotopic (exact) mass is 249 g/mol. The molecule has 1 aromatic carbocycles. The van der Waals surface area contributed by atoms with Crippen LogP contribution in [0.2, 0.25) is 0 Å². The molecule has 0 saturated heterocycles. The normalized spacial score (nSPS) is 10.8. The van der Waals surface area contributed by atoms with E-state index in [0.717, 1.165) is 17.1 Å². The molecule has 0 bridgehead atoms. The van der Waals surface area contributed by atoms with Gasteiger partial charge in [-0.25, -0.2) is 4.39 Å². The van der Waals surface area contributed by atoms with Crippen LogP contribution in [0.15, 0.2) is 34.7 Å². The molecule has 0 amide bonds. The number of halogens is 1. The number of furan rings is 1. The Balaban J connectivity index is 1.90. The van der Waals surface area contributed by atoms with Crippen molar-refractivity contribution >= 4 is 0 Å². The fourth-order valence-corrected chi connectivity index (χ4v) is 1.77. The number of hydrogen-bond donors (Lipinski definition) is 2. The summed E-state index contributed by atoms with van der Waals surface area (Å²) in [6, 6.07) is 8.58. The predicted octanol–water partition coefficient (Wildman–Crippen LogP) is 2.51. The SMILES string of the molecule is Cc1ccc(CNCc2ccc(F)c(CO)c2)o1. The first-order chi connectivity index (χ1) is 8.69. The largest absolute Gasteiger partial charge is 0.465 e. The first-order valence-electron chi connectivity index (χ1n) is 5.83. The second kappa shape index (κ2) is 5.80. The molecule has 0 spiro atoms. The number of hydrogen-bond acceptors (Lipinski definition) is 3. The molecule has 0 radical (unpaired) electrons. The summed E-state index contributed by atoms with van der Waals surface area (Å²) in [5, 5.41) is 12.2. The van der Waals surface area contributed by atoms with Crippen molar-refractivity contribution in [2.45, 2.75) is 26.6 Å². The van der Waals surface area contributed by atoms with E-state index in [9.17, 15) is 4.39 Å². The van der Waals surface area contributed by atoms with Crippen LogP contribution in [0.1, 0.15) is 22.6 Å². The molecule has 0 aliphatic heterocycles. The van der Waals surface area contributed by atoms with Crippen LogP contribution in [0.4, 0.5) is 4.39 Å². The van der Waals surface area contributed by atoms with Crippen molar-refractivity contribution in [3.63, 3.8) is 0 Å². The highest BCUT2D eigenvalue weighted by Gasteiger charge is 2.03. The maximum atomic E-state index is 13.2. The van der Waals surface area contributed by atoms with Crippen LogP contribution in [0, 0.1) is 12.7 Å². The summed E-state index contributed by atoms with van der Waals surface area (Å²) < 4.78 is 18.6. The minimum atomic E-state index is -0.372. The number of rotatable bonds is 5. The lowest BCUT2D eigenvalue weighted by Crippen LogP contribution is -2.12. The maximum Gasteiger partial charge on any atom is 0.128 e. The predicted molar refractivity (Wildman–Crippen MR) is 66.3 cm³/mol. The van der Waals surface area contributed by atoms with Crippen molar-refractivity contribution in [1.29, 1.82) is 0 Å². The molecule has 0 aliphatic carbocycles. The summed E-state index contributed by atoms with van der Waals surface area (Å²) in [5.74, 6) is 1.39. The molecule has 0 fully saturated rings. The Labute approximate surface area is 105 Å². The number of nitrogens with one attached hydrogen (secondary N) is 1. The summed E-state index contributed by atoms with van der Waals surface area (Å²) in [5.41, 5.74) is 1.26. The van der Waals surface area contributed by atoms with Gasteiger partial charge in [-0.2, -0.15) is 0 Å². The lowest BCUT2D eigenvalue weighted by molar-refractivity contribution is 0.275. The molecule has 96 valence electrons. The zero-order valence-corrected chi connectivity index (χ0v) is 10.2. The Hall–Kier alpha value is -1.65. The highest BCUT2D eigenvalue weighted by Crippen LogP contribution is 2.11. The summed E-state index contributed by atoms with van der Waals surface area (Å²) in [4.78, 5) is 0. The van der Waals surface area contributed by atoms with Gasteiger partial charge in [0.2, 0.25) is 0 Å². The Kier molecular flexibility index (Phi) is 4.12. The second-order valence-electron chi connectivity index (χ2n) is 4.20. The fraction of sp³-hybridized carbons (Fsp3) is 0.286. The average molecular weight is 249 g/mol. The number of aliphatic hydroxyl groups excluding tert-OH is 1. The van der Waals surface area contributed by atoms with Gasteiger partial charge in [-0.1, -0.05) is 6.07 Å². The number of aliphatic hydroxyl groups is 1. The van der Waals surface area contributed by atoms with Gasteiger partial charge in [-0.15, -0.1) is 0 Å². The molecule has 1 heterocycles. The summed E-state index contributed by atoms with van der Waals surface area (Å²) >= 11 is 0. The third-order valence-electron chi connectivity index (χ3n) is 2.70. The van der Waals surface area contributed by atoms with Crippen LogP contribution in [0.3, 0.4) is 0 Å². The Morgan fingerprint density at radius 3 is 2.72 bits per heavy atom. The Bertz CT molecular complexity index is 522. The minimum Gasteiger partial charge on any atom is -0.465 e. The van der Waals surface area contributed by atoms with Crippen molar-refractivity contribution in [3.05, 3.63) is 58.8 Å². The third kappa shape index (κ3) is 3.18. The molecule has 3 nitrogen and oxygen atoms in total. The van der Waals surface area contributed by atoms with Crippen LogP contribution < -0.4 is 5.32 Å². The molecule has 18 heavy (non-hydrogen) atoms. The van der Waals surface area contributed by atoms with Gasteiger partial charge in [0.1, 0.15) is 17.3 Å². The third-order valence-corrected chi connectivity index (χ3v) is 2.70. The standard InChI is InChI=1S/C14H16FNO2/c1-10-2-4-13(18-10)8-16-7-11-3-5-14(15)12(6-11)9-17/h2-6,16-17H,7-9H2,1H3. The fourth-order valence-electron chi connectivity index (χ4n) is 1.77. The van der Waals surface area contributed by atoms with Crippen molar-refractivity contribution in [1.82, 2.24) is 5.32 Å². The summed E-state index contributed by atoms with van der Waals surface area (Å²) in [7, 11) is 0. The molecule has 0 atom stereocenters. The molecular formula is C14H16FNO2. The second-order valence-corrected chi connectivity index (χ2v) is 4.20. The van der Waals surface area contributed by atoms with Gasteiger partial charge in [-0.05, 0) is 36.8 Å². The van der Waals surface area contributed by atoms with Gasteiger partial charge in [-0.3, -0.25) is 0 Å². The van der Waals surface area contributed by atoms with Crippen LogP contribution in [-0.2, 0) is 19.7 Å². The van der Waals surface area contributed by atoms with E-state index in [0.29, 0.717) is 18.7 Å². The van der Waals surface area contributed by atoms with Crippen molar-refractivity contribution in [3.8, 4) is 0 Å². The quantitative estimate of drug-likeness (QED) is 0.855. The maximum absolute atomic E-state index is 13.2. The van der Waals surface area contributed by atoms with E-state index in [4.69, 9.17) is 9.52 Å². The molecule has 0 aliphatic rings. The highest BCUT2D eigenvalue weighted by molar-refractivity contribution is 5.24. The average Bonchev–Trinajstić information content (AvgIpc) is 2.77. The lowest BCUT2D eigenvalue weighted by Gasteiger charge is -2.06. The molecule has 2 N–H and O–H groups in total. The van der Waals surface area contributed by atoms with E-state index in [1.807, 2.05) is 19.1 Å². The first-order valence-corrected chi connectivity index (χ1v) is 5.83. The van der Waals surface area contributed by atoms with Crippen LogP contribution in [0.5, 0.6) is 0 Å². The van der Waals surface area contributed by atoms with Gasteiger partial charge >= 0.3 is 0 Å². The summed E-state index contributed by atoms with van der Waals surface area (Å²) in [6.07, 6.45) is 0. The smallest absolute Gasteiger partial charge is 0.128 e. The van der Waals surface area contributed by atoms with Gasteiger partial charge in [0.15, 0.2) is 0 Å². The van der Waals surface area contributed by atoms with Gasteiger partial charge in [0, 0.05) is 12.1 Å².